The van der Waals surface area contributed by atoms with Gasteiger partial charge < -0.3 is 30.7 Å². The van der Waals surface area contributed by atoms with Crippen LogP contribution < -0.4 is 16.0 Å². The van der Waals surface area contributed by atoms with Crippen LogP contribution in [0.25, 0.3) is 0 Å². The molecule has 51 heavy (non-hydrogen) atoms. The summed E-state index contributed by atoms with van der Waals surface area (Å²) in [6, 6.07) is 16.8. The molecule has 4 amide bonds. The number of aliphatic hydroxyl groups is 1. The molecule has 0 fully saturated rings. The summed E-state index contributed by atoms with van der Waals surface area (Å²) in [6.07, 6.45) is 0.871. The topological polar surface area (TPSA) is 146 Å². The number of aromatic nitrogens is 2. The Balaban J connectivity index is 1.47. The molecule has 0 saturated carbocycles. The van der Waals surface area contributed by atoms with Gasteiger partial charge in [-0.15, -0.1) is 22.7 Å². The van der Waals surface area contributed by atoms with Gasteiger partial charge in [-0.3, -0.25) is 4.79 Å². The minimum atomic E-state index is -1.05. The predicted octanol–water partition coefficient (Wildman–Crippen LogP) is 6.21. The summed E-state index contributed by atoms with van der Waals surface area (Å²) in [5, 5.41) is 24.4. The Morgan fingerprint density at radius 3 is 2.14 bits per heavy atom. The van der Waals surface area contributed by atoms with E-state index in [1.165, 1.54) is 16.2 Å². The van der Waals surface area contributed by atoms with Crippen LogP contribution in [0.1, 0.15) is 71.7 Å². The van der Waals surface area contributed by atoms with Gasteiger partial charge in [-0.2, -0.15) is 0 Å². The first-order valence-electron chi connectivity index (χ1n) is 17.2. The van der Waals surface area contributed by atoms with Crippen molar-refractivity contribution in [3.05, 3.63) is 104 Å². The van der Waals surface area contributed by atoms with Crippen molar-refractivity contribution in [1.82, 2.24) is 30.8 Å². The minimum absolute atomic E-state index is 0.0679. The van der Waals surface area contributed by atoms with E-state index in [9.17, 15) is 19.5 Å². The molecule has 4 N–H and O–H groups in total. The molecular weight excluding hydrogens is 685 g/mol. The first-order valence-corrected chi connectivity index (χ1v) is 18.9. The number of aliphatic hydroxyl groups excluding tert-OH is 1. The Morgan fingerprint density at radius 2 is 1.57 bits per heavy atom. The molecule has 0 aliphatic carbocycles. The van der Waals surface area contributed by atoms with Crippen molar-refractivity contribution in [1.29, 1.82) is 0 Å². The lowest BCUT2D eigenvalue weighted by atomic mass is 9.93. The second-order valence-electron chi connectivity index (χ2n) is 13.4. The van der Waals surface area contributed by atoms with E-state index in [1.807, 2.05) is 86.8 Å². The lowest BCUT2D eigenvalue weighted by Crippen LogP contribution is -2.55. The van der Waals surface area contributed by atoms with E-state index in [0.29, 0.717) is 25.3 Å². The van der Waals surface area contributed by atoms with Crippen molar-refractivity contribution in [2.24, 2.45) is 5.92 Å². The number of ether oxygens (including phenoxy) is 1. The summed E-state index contributed by atoms with van der Waals surface area (Å²) < 4.78 is 5.48. The molecule has 274 valence electrons. The van der Waals surface area contributed by atoms with E-state index in [2.05, 4.69) is 39.8 Å². The molecule has 0 spiro atoms. The van der Waals surface area contributed by atoms with E-state index in [4.69, 9.17) is 4.74 Å². The standard InChI is InChI=1S/C38H50N6O5S2/c1-24(2)34(43-37(47)44(6)21-30-23-50-36(41-30)25(3)4)35(46)40-29(17-27-13-9-7-10-14-27)19-33(45)32(18-28-15-11-8-12-16-28)42-38(48)49-22-31-20-39-26(5)51-31/h7-16,20,23-25,29,32-34,45H,17-19,21-22H2,1-6H3,(H,40,46)(H,42,48)(H,43,47)/t29-,32-,33-,34-/m0/s1. The summed E-state index contributed by atoms with van der Waals surface area (Å²) in [6.45, 7) is 10.2. The third-order valence-electron chi connectivity index (χ3n) is 8.32. The molecule has 0 aliphatic heterocycles. The van der Waals surface area contributed by atoms with Gasteiger partial charge in [-0.25, -0.2) is 19.6 Å². The normalized spacial score (nSPS) is 13.7. The zero-order valence-corrected chi connectivity index (χ0v) is 31.8. The number of amides is 4. The van der Waals surface area contributed by atoms with Crippen molar-refractivity contribution in [3.63, 3.8) is 0 Å². The zero-order valence-electron chi connectivity index (χ0n) is 30.2. The number of nitrogens with zero attached hydrogens (tertiary/aromatic N) is 3. The highest BCUT2D eigenvalue weighted by atomic mass is 32.1. The molecule has 0 bridgehead atoms. The maximum absolute atomic E-state index is 13.9. The van der Waals surface area contributed by atoms with Gasteiger partial charge in [0.25, 0.3) is 0 Å². The lowest BCUT2D eigenvalue weighted by Gasteiger charge is -2.30. The Hall–Kier alpha value is -4.33. The first kappa shape index (κ1) is 39.5. The van der Waals surface area contributed by atoms with Crippen LogP contribution in [0.3, 0.4) is 0 Å². The van der Waals surface area contributed by atoms with Gasteiger partial charge in [-0.1, -0.05) is 88.4 Å². The zero-order chi connectivity index (χ0) is 36.9. The van der Waals surface area contributed by atoms with Crippen LogP contribution in [0.15, 0.2) is 72.2 Å². The van der Waals surface area contributed by atoms with Crippen molar-refractivity contribution < 1.29 is 24.2 Å². The SMILES string of the molecule is Cc1ncc(COC(=O)N[C@@H](Cc2ccccc2)[C@@H](O)C[C@H](Cc2ccccc2)NC(=O)[C@@H](NC(=O)N(C)Cc2csc(C(C)C)n2)C(C)C)s1. The number of benzene rings is 2. The fraction of sp³-hybridized carbons (Fsp3) is 0.447. The molecule has 2 heterocycles. The van der Waals surface area contributed by atoms with Gasteiger partial charge in [-0.05, 0) is 43.2 Å². The summed E-state index contributed by atoms with van der Waals surface area (Å²) in [7, 11) is 1.68. The molecule has 11 nitrogen and oxygen atoms in total. The number of nitrogens with one attached hydrogen (secondary N) is 3. The van der Waals surface area contributed by atoms with Gasteiger partial charge in [0.1, 0.15) is 12.6 Å². The summed E-state index contributed by atoms with van der Waals surface area (Å²) in [4.78, 5) is 51.3. The van der Waals surface area contributed by atoms with Crippen LogP contribution in [-0.2, 0) is 35.5 Å². The second kappa shape index (κ2) is 19.3. The molecule has 0 unspecified atom stereocenters. The van der Waals surface area contributed by atoms with Gasteiger partial charge in [0.2, 0.25) is 5.91 Å². The van der Waals surface area contributed by atoms with Gasteiger partial charge >= 0.3 is 12.1 Å². The molecule has 2 aromatic carbocycles. The number of rotatable bonds is 17. The van der Waals surface area contributed by atoms with E-state index in [1.54, 1.807) is 24.6 Å². The number of carbonyl (C=O) groups excluding carboxylic acids is 3. The second-order valence-corrected chi connectivity index (χ2v) is 15.6. The fourth-order valence-corrected chi connectivity index (χ4v) is 7.08. The lowest BCUT2D eigenvalue weighted by molar-refractivity contribution is -0.124. The van der Waals surface area contributed by atoms with Crippen molar-refractivity contribution >= 4 is 40.7 Å². The van der Waals surface area contributed by atoms with Crippen LogP contribution in [0.5, 0.6) is 0 Å². The quantitative estimate of drug-likeness (QED) is 0.101. The van der Waals surface area contributed by atoms with Gasteiger partial charge in [0.05, 0.1) is 39.3 Å². The first-order chi connectivity index (χ1) is 24.4. The summed E-state index contributed by atoms with van der Waals surface area (Å²) in [5.74, 6) is -0.278. The smallest absolute Gasteiger partial charge is 0.407 e. The van der Waals surface area contributed by atoms with Crippen LogP contribution >= 0.6 is 22.7 Å². The predicted molar refractivity (Wildman–Crippen MR) is 202 cm³/mol. The molecule has 0 radical (unpaired) electrons. The van der Waals surface area contributed by atoms with Crippen LogP contribution in [0.2, 0.25) is 0 Å². The maximum Gasteiger partial charge on any atom is 0.407 e. The molecule has 4 atom stereocenters. The van der Waals surface area contributed by atoms with Crippen molar-refractivity contribution in [2.45, 2.75) is 97.2 Å². The van der Waals surface area contributed by atoms with Crippen LogP contribution in [-0.4, -0.2) is 69.3 Å². The number of carbonyl (C=O) groups is 3. The van der Waals surface area contributed by atoms with Gasteiger partial charge in [0.15, 0.2) is 0 Å². The summed E-state index contributed by atoms with van der Waals surface area (Å²) in [5.41, 5.74) is 2.69. The number of hydrogen-bond acceptors (Lipinski definition) is 9. The molecule has 13 heteroatoms. The van der Waals surface area contributed by atoms with Gasteiger partial charge in [0, 0.05) is 30.6 Å². The molecule has 0 aliphatic rings. The van der Waals surface area contributed by atoms with E-state index in [-0.39, 0.29) is 30.9 Å². The maximum atomic E-state index is 13.9. The Bertz CT molecular complexity index is 1680. The molecular formula is C38H50N6O5S2. The Morgan fingerprint density at radius 1 is 0.922 bits per heavy atom. The third-order valence-corrected chi connectivity index (χ3v) is 10.4. The third kappa shape index (κ3) is 12.7. The average molecular weight is 735 g/mol. The Kier molecular flexibility index (Phi) is 15.0. The molecule has 2 aromatic heterocycles. The van der Waals surface area contributed by atoms with Crippen molar-refractivity contribution in [3.8, 4) is 0 Å². The number of hydrogen-bond donors (Lipinski definition) is 4. The number of urea groups is 1. The molecule has 4 rings (SSSR count). The average Bonchev–Trinajstić information content (AvgIpc) is 3.75. The molecule has 0 saturated heterocycles. The van der Waals surface area contributed by atoms with E-state index in [0.717, 1.165) is 31.7 Å². The van der Waals surface area contributed by atoms with E-state index >= 15 is 0 Å². The highest BCUT2D eigenvalue weighted by molar-refractivity contribution is 7.11. The van der Waals surface area contributed by atoms with Crippen LogP contribution in [0.4, 0.5) is 9.59 Å². The number of alkyl carbamates (subject to hydrolysis) is 1. The highest BCUT2D eigenvalue weighted by Gasteiger charge is 2.31. The fourth-order valence-electron chi connectivity index (χ4n) is 5.55. The van der Waals surface area contributed by atoms with Crippen molar-refractivity contribution in [2.75, 3.05) is 7.05 Å². The minimum Gasteiger partial charge on any atom is -0.444 e. The monoisotopic (exact) mass is 734 g/mol. The summed E-state index contributed by atoms with van der Waals surface area (Å²) >= 11 is 3.02. The largest absolute Gasteiger partial charge is 0.444 e. The molecule has 4 aromatic rings. The number of thiazole rings is 2. The Labute approximate surface area is 308 Å². The highest BCUT2D eigenvalue weighted by Crippen LogP contribution is 2.20. The van der Waals surface area contributed by atoms with Crippen LogP contribution in [0, 0.1) is 12.8 Å². The van der Waals surface area contributed by atoms with E-state index < -0.39 is 30.3 Å². The number of aryl methyl sites for hydroxylation is 1.